The minimum absolute atomic E-state index is 0.233. The summed E-state index contributed by atoms with van der Waals surface area (Å²) < 4.78 is 71.4. The molecule has 1 saturated heterocycles. The maximum Gasteiger partial charge on any atom is 0.481 e. The second-order valence-electron chi connectivity index (χ2n) is 7.85. The van der Waals surface area contributed by atoms with Crippen LogP contribution in [0.4, 0.5) is 14.6 Å². The number of phosphoric ester groups is 2. The maximum atomic E-state index is 14.4. The van der Waals surface area contributed by atoms with Gasteiger partial charge in [0, 0.05) is 6.20 Å². The third-order valence-corrected chi connectivity index (χ3v) is 6.74. The van der Waals surface area contributed by atoms with Gasteiger partial charge in [0.25, 0.3) is 0 Å². The fraction of sp³-hybridized carbons (Fsp3) is 0.714. The summed E-state index contributed by atoms with van der Waals surface area (Å²) in [5.74, 6) is -4.26. The van der Waals surface area contributed by atoms with E-state index in [-0.39, 0.29) is 19.0 Å². The summed E-state index contributed by atoms with van der Waals surface area (Å²) in [6.07, 6.45) is -5.94. The molecule has 1 aromatic rings. The van der Waals surface area contributed by atoms with Crippen molar-refractivity contribution in [2.45, 2.75) is 24.4 Å². The number of aliphatic hydroxyl groups excluding tert-OH is 1. The van der Waals surface area contributed by atoms with E-state index in [1.165, 1.54) is 0 Å². The molecule has 1 fully saturated rings. The summed E-state index contributed by atoms with van der Waals surface area (Å²) >= 11 is 0. The van der Waals surface area contributed by atoms with Crippen LogP contribution in [-0.4, -0.2) is 88.0 Å². The van der Waals surface area contributed by atoms with Crippen LogP contribution in [-0.2, 0) is 27.2 Å². The van der Waals surface area contributed by atoms with Crippen molar-refractivity contribution in [2.75, 3.05) is 46.6 Å². The van der Waals surface area contributed by atoms with E-state index in [1.807, 2.05) is 0 Å². The molecule has 32 heavy (non-hydrogen) atoms. The van der Waals surface area contributed by atoms with E-state index >= 15 is 0 Å². The van der Waals surface area contributed by atoms with Gasteiger partial charge in [-0.25, -0.2) is 13.9 Å². The van der Waals surface area contributed by atoms with Crippen molar-refractivity contribution < 1.29 is 55.4 Å². The SMILES string of the molecule is C[N+](C)(C)CCOP(=O)(O)OP(=O)(O)OC[C@H]1O[C@@H](n2ccc(N)nc2=O)C(F)(F)[C@H]1O. The van der Waals surface area contributed by atoms with E-state index in [0.29, 0.717) is 9.05 Å². The van der Waals surface area contributed by atoms with Gasteiger partial charge in [-0.15, -0.1) is 0 Å². The lowest BCUT2D eigenvalue weighted by Crippen LogP contribution is -2.41. The number of phosphoric acid groups is 2. The van der Waals surface area contributed by atoms with Crippen LogP contribution in [0.3, 0.4) is 0 Å². The van der Waals surface area contributed by atoms with Crippen LogP contribution in [0.5, 0.6) is 0 Å². The molecular formula is C14H25F2N4O10P2+. The van der Waals surface area contributed by atoms with Crippen molar-refractivity contribution in [3.8, 4) is 0 Å². The van der Waals surface area contributed by atoms with E-state index in [4.69, 9.17) is 10.5 Å². The Labute approximate surface area is 180 Å². The van der Waals surface area contributed by atoms with Crippen LogP contribution < -0.4 is 11.4 Å². The first-order valence-corrected chi connectivity index (χ1v) is 12.0. The van der Waals surface area contributed by atoms with Gasteiger partial charge in [0.05, 0.1) is 27.7 Å². The lowest BCUT2D eigenvalue weighted by atomic mass is 10.1. The highest BCUT2D eigenvalue weighted by atomic mass is 31.3. The largest absolute Gasteiger partial charge is 0.481 e. The molecule has 0 radical (unpaired) electrons. The third kappa shape index (κ3) is 7.09. The molecule has 0 amide bonds. The Bertz CT molecular complexity index is 972. The molecule has 1 aliphatic heterocycles. The summed E-state index contributed by atoms with van der Waals surface area (Å²) in [4.78, 5) is 34.3. The van der Waals surface area contributed by atoms with Gasteiger partial charge in [0.2, 0.25) is 6.23 Å². The van der Waals surface area contributed by atoms with Gasteiger partial charge >= 0.3 is 27.3 Å². The second-order valence-corrected chi connectivity index (χ2v) is 10.9. The number of hydrogen-bond acceptors (Lipinski definition) is 10. The molecule has 1 aromatic heterocycles. The average molecular weight is 509 g/mol. The van der Waals surface area contributed by atoms with Gasteiger partial charge in [-0.1, -0.05) is 0 Å². The first kappa shape index (κ1) is 26.9. The molecule has 5 atom stereocenters. The topological polar surface area (TPSA) is 193 Å². The normalized spacial score (nSPS) is 27.1. The van der Waals surface area contributed by atoms with Crippen LogP contribution in [0.2, 0.25) is 0 Å². The number of nitrogen functional groups attached to an aromatic ring is 1. The fourth-order valence-electron chi connectivity index (χ4n) is 2.49. The van der Waals surface area contributed by atoms with Gasteiger partial charge in [0.15, 0.2) is 6.10 Å². The van der Waals surface area contributed by atoms with E-state index in [1.54, 1.807) is 21.1 Å². The number of rotatable bonds is 10. The molecule has 2 heterocycles. The molecule has 18 heteroatoms. The van der Waals surface area contributed by atoms with Crippen molar-refractivity contribution >= 4 is 21.5 Å². The summed E-state index contributed by atoms with van der Waals surface area (Å²) in [6.45, 7) is -1.21. The van der Waals surface area contributed by atoms with Crippen molar-refractivity contribution in [1.29, 1.82) is 0 Å². The van der Waals surface area contributed by atoms with E-state index in [0.717, 1.165) is 12.3 Å². The zero-order chi connectivity index (χ0) is 24.5. The highest BCUT2D eigenvalue weighted by Crippen LogP contribution is 2.60. The summed E-state index contributed by atoms with van der Waals surface area (Å²) in [6, 6.07) is 1.05. The van der Waals surface area contributed by atoms with Crippen LogP contribution >= 0.6 is 15.6 Å². The number of aliphatic hydroxyl groups is 1. The third-order valence-electron chi connectivity index (χ3n) is 4.11. The Hall–Kier alpha value is -1.32. The van der Waals surface area contributed by atoms with Gasteiger partial charge in [0.1, 0.15) is 25.1 Å². The molecule has 5 N–H and O–H groups in total. The molecule has 1 aliphatic rings. The number of nitrogens with zero attached hydrogens (tertiary/aromatic N) is 3. The predicted octanol–water partition coefficient (Wildman–Crippen LogP) is -0.324. The molecule has 0 aliphatic carbocycles. The molecule has 0 saturated carbocycles. The Morgan fingerprint density at radius 2 is 1.88 bits per heavy atom. The lowest BCUT2D eigenvalue weighted by molar-refractivity contribution is -0.870. The molecule has 0 aromatic carbocycles. The smallest absolute Gasteiger partial charge is 0.384 e. The number of hydrogen-bond donors (Lipinski definition) is 4. The zero-order valence-electron chi connectivity index (χ0n) is 17.3. The van der Waals surface area contributed by atoms with Crippen LogP contribution in [0.25, 0.3) is 0 Å². The van der Waals surface area contributed by atoms with Crippen molar-refractivity contribution in [1.82, 2.24) is 9.55 Å². The summed E-state index contributed by atoms with van der Waals surface area (Å²) in [5, 5.41) is 9.86. The number of anilines is 1. The van der Waals surface area contributed by atoms with E-state index < -0.39 is 52.3 Å². The number of quaternary nitrogens is 1. The monoisotopic (exact) mass is 509 g/mol. The van der Waals surface area contributed by atoms with Gasteiger partial charge < -0.3 is 29.8 Å². The number of nitrogens with two attached hydrogens (primary N) is 1. The van der Waals surface area contributed by atoms with Crippen LogP contribution in [0, 0.1) is 0 Å². The highest BCUT2D eigenvalue weighted by molar-refractivity contribution is 7.61. The summed E-state index contributed by atoms with van der Waals surface area (Å²) in [5.41, 5.74) is 4.11. The Morgan fingerprint density at radius 1 is 1.28 bits per heavy atom. The lowest BCUT2D eigenvalue weighted by Gasteiger charge is -2.24. The number of aromatic nitrogens is 2. The molecule has 14 nitrogen and oxygen atoms in total. The number of likely N-dealkylation sites (N-methyl/N-ethyl adjacent to an activating group) is 1. The molecule has 0 spiro atoms. The quantitative estimate of drug-likeness (QED) is 0.238. The zero-order valence-corrected chi connectivity index (χ0v) is 19.1. The predicted molar refractivity (Wildman–Crippen MR) is 103 cm³/mol. The average Bonchev–Trinajstić information content (AvgIpc) is 2.81. The Balaban J connectivity index is 2.02. The molecule has 184 valence electrons. The van der Waals surface area contributed by atoms with Crippen molar-refractivity contribution in [2.24, 2.45) is 0 Å². The van der Waals surface area contributed by atoms with Gasteiger partial charge in [-0.05, 0) is 6.07 Å². The van der Waals surface area contributed by atoms with Crippen LogP contribution in [0.1, 0.15) is 6.23 Å². The minimum atomic E-state index is -5.30. The first-order chi connectivity index (χ1) is 14.4. The first-order valence-electron chi connectivity index (χ1n) is 8.96. The van der Waals surface area contributed by atoms with Crippen molar-refractivity contribution in [3.05, 3.63) is 22.7 Å². The second kappa shape index (κ2) is 9.50. The van der Waals surface area contributed by atoms with Gasteiger partial charge in [-0.3, -0.25) is 13.6 Å². The number of alkyl halides is 2. The van der Waals surface area contributed by atoms with Crippen LogP contribution in [0.15, 0.2) is 17.1 Å². The molecular weight excluding hydrogens is 484 g/mol. The number of halogens is 2. The number of ether oxygens (including phenoxy) is 1. The maximum absolute atomic E-state index is 14.4. The molecule has 0 bridgehead atoms. The van der Waals surface area contributed by atoms with E-state index in [9.17, 15) is 37.6 Å². The molecule has 2 unspecified atom stereocenters. The Kier molecular flexibility index (Phi) is 8.00. The fourth-order valence-corrected chi connectivity index (χ4v) is 4.55. The van der Waals surface area contributed by atoms with Gasteiger partial charge in [-0.2, -0.15) is 18.1 Å². The Morgan fingerprint density at radius 3 is 2.44 bits per heavy atom. The van der Waals surface area contributed by atoms with Crippen molar-refractivity contribution in [3.63, 3.8) is 0 Å². The standard InChI is InChI=1S/C14H24F2N4O10P2/c1-20(2,3)6-7-27-31(23,24)30-32(25,26)28-8-9-11(21)14(15,16)12(29-9)19-5-4-10(17)18-13(19)22/h4-5,9,11-12,21H,6-8H2,1-3H3,(H3-,17,18,22,23,24,25,26)/p+1/t9-,11+,12-/m1/s1. The minimum Gasteiger partial charge on any atom is -0.384 e. The summed E-state index contributed by atoms with van der Waals surface area (Å²) in [7, 11) is -5.06. The van der Waals surface area contributed by atoms with E-state index in [2.05, 4.69) is 18.3 Å². The highest BCUT2D eigenvalue weighted by Gasteiger charge is 2.60. The molecule has 2 rings (SSSR count).